The summed E-state index contributed by atoms with van der Waals surface area (Å²) in [5.41, 5.74) is 5.90. The summed E-state index contributed by atoms with van der Waals surface area (Å²) in [7, 11) is 1.34. The summed E-state index contributed by atoms with van der Waals surface area (Å²) in [5.74, 6) is 0.991. The zero-order chi connectivity index (χ0) is 31.9. The number of esters is 2. The Kier molecular flexibility index (Phi) is 10.2. The van der Waals surface area contributed by atoms with Gasteiger partial charge in [-0.25, -0.2) is 9.59 Å². The van der Waals surface area contributed by atoms with Crippen LogP contribution < -0.4 is 5.32 Å². The molecule has 2 aliphatic heterocycles. The van der Waals surface area contributed by atoms with Gasteiger partial charge in [0.15, 0.2) is 6.23 Å². The summed E-state index contributed by atoms with van der Waals surface area (Å²) in [6.07, 6.45) is 5.91. The smallest absolute Gasteiger partial charge is 0.338 e. The van der Waals surface area contributed by atoms with Crippen molar-refractivity contribution >= 4 is 11.9 Å². The minimum Gasteiger partial charge on any atom is -0.466 e. The first-order valence-corrected chi connectivity index (χ1v) is 15.5. The second-order valence-corrected chi connectivity index (χ2v) is 11.5. The molecule has 2 heterocycles. The zero-order valence-corrected chi connectivity index (χ0v) is 26.5. The number of hydrogen-bond acceptors (Lipinski definition) is 7. The van der Waals surface area contributed by atoms with E-state index in [1.54, 1.807) is 0 Å². The molecule has 45 heavy (non-hydrogen) atoms. The summed E-state index contributed by atoms with van der Waals surface area (Å²) >= 11 is 0. The number of rotatable bonds is 9. The molecule has 7 nitrogen and oxygen atoms in total. The average Bonchev–Trinajstić information content (AvgIpc) is 3.08. The van der Waals surface area contributed by atoms with Crippen molar-refractivity contribution in [3.05, 3.63) is 130 Å². The monoisotopic (exact) mass is 603 g/mol. The summed E-state index contributed by atoms with van der Waals surface area (Å²) in [6, 6.07) is 28.7. The van der Waals surface area contributed by atoms with Gasteiger partial charge >= 0.3 is 11.9 Å². The molecule has 0 saturated carbocycles. The number of allylic oxidation sites excluding steroid dienone is 2. The normalized spacial score (nSPS) is 18.3. The first kappa shape index (κ1) is 31.8. The van der Waals surface area contributed by atoms with E-state index in [-0.39, 0.29) is 6.04 Å². The molecule has 0 spiro atoms. The number of carbonyl (C=O) groups is 2. The standard InChI is InChI=1S/C38H41N3O4/c1-6-28-15-14-20-31(25-28)35-33(37(42)44-5)26(3)39-27(4)34(35)38(43)45-32(7-2)40-21-23-41(24-22-40)36(29-16-10-8-11-17-29)30-18-12-9-13-19-30/h1,8-20,25,32,35-36,39H,7,21-24H2,2-5H3. The van der Waals surface area contributed by atoms with E-state index in [1.807, 2.05) is 57.2 Å². The van der Waals surface area contributed by atoms with Crippen molar-refractivity contribution in [2.45, 2.75) is 45.4 Å². The Morgan fingerprint density at radius 2 is 1.40 bits per heavy atom. The van der Waals surface area contributed by atoms with Gasteiger partial charge in [-0.2, -0.15) is 0 Å². The van der Waals surface area contributed by atoms with Gasteiger partial charge in [0.25, 0.3) is 0 Å². The molecule has 2 unspecified atom stereocenters. The van der Waals surface area contributed by atoms with Crippen molar-refractivity contribution in [1.82, 2.24) is 15.1 Å². The number of ether oxygens (including phenoxy) is 2. The van der Waals surface area contributed by atoms with Crippen molar-refractivity contribution in [2.75, 3.05) is 33.3 Å². The van der Waals surface area contributed by atoms with Crippen LogP contribution in [0.25, 0.3) is 0 Å². The minimum absolute atomic E-state index is 0.143. The van der Waals surface area contributed by atoms with Crippen LogP contribution in [0.3, 0.4) is 0 Å². The Labute approximate surface area is 266 Å². The number of dihydropyridines is 1. The molecule has 3 aromatic carbocycles. The highest BCUT2D eigenvalue weighted by Gasteiger charge is 2.39. The molecule has 0 amide bonds. The number of carbonyl (C=O) groups excluding carboxylic acids is 2. The van der Waals surface area contributed by atoms with Crippen molar-refractivity contribution in [3.63, 3.8) is 0 Å². The van der Waals surface area contributed by atoms with Gasteiger partial charge in [0.1, 0.15) is 0 Å². The van der Waals surface area contributed by atoms with Crippen LogP contribution >= 0.6 is 0 Å². The van der Waals surface area contributed by atoms with Crippen LogP contribution in [0, 0.1) is 12.3 Å². The molecule has 7 heteroatoms. The molecule has 232 valence electrons. The molecule has 1 saturated heterocycles. The topological polar surface area (TPSA) is 71.1 Å². The van der Waals surface area contributed by atoms with Crippen LogP contribution in [0.1, 0.15) is 61.4 Å². The number of nitrogens with zero attached hydrogens (tertiary/aromatic N) is 2. The summed E-state index contributed by atoms with van der Waals surface area (Å²) in [4.78, 5) is 31.9. The van der Waals surface area contributed by atoms with Crippen LogP contribution in [0.15, 0.2) is 107 Å². The molecule has 1 fully saturated rings. The molecule has 2 atom stereocenters. The molecule has 3 aromatic rings. The average molecular weight is 604 g/mol. The minimum atomic E-state index is -0.689. The van der Waals surface area contributed by atoms with Crippen molar-refractivity contribution in [1.29, 1.82) is 0 Å². The van der Waals surface area contributed by atoms with E-state index in [2.05, 4.69) is 69.6 Å². The van der Waals surface area contributed by atoms with Crippen LogP contribution in [0.2, 0.25) is 0 Å². The summed E-state index contributed by atoms with van der Waals surface area (Å²) in [5, 5.41) is 3.22. The van der Waals surface area contributed by atoms with Gasteiger partial charge in [-0.1, -0.05) is 85.6 Å². The second-order valence-electron chi connectivity index (χ2n) is 11.5. The van der Waals surface area contributed by atoms with E-state index in [0.717, 1.165) is 31.7 Å². The lowest BCUT2D eigenvalue weighted by atomic mass is 9.80. The highest BCUT2D eigenvalue weighted by atomic mass is 16.6. The van der Waals surface area contributed by atoms with E-state index < -0.39 is 24.1 Å². The fourth-order valence-corrected chi connectivity index (χ4v) is 6.56. The molecule has 0 aliphatic carbocycles. The molecule has 0 aromatic heterocycles. The highest BCUT2D eigenvalue weighted by Crippen LogP contribution is 2.40. The number of benzene rings is 3. The van der Waals surface area contributed by atoms with Gasteiger partial charge in [0.2, 0.25) is 0 Å². The van der Waals surface area contributed by atoms with E-state index in [0.29, 0.717) is 34.5 Å². The third-order valence-electron chi connectivity index (χ3n) is 8.72. The van der Waals surface area contributed by atoms with Gasteiger partial charge < -0.3 is 14.8 Å². The number of terminal acetylenes is 1. The summed E-state index contributed by atoms with van der Waals surface area (Å²) < 4.78 is 11.4. The molecule has 0 radical (unpaired) electrons. The van der Waals surface area contributed by atoms with Gasteiger partial charge in [-0.05, 0) is 49.1 Å². The summed E-state index contributed by atoms with van der Waals surface area (Å²) in [6.45, 7) is 8.81. The van der Waals surface area contributed by atoms with Crippen molar-refractivity contribution in [2.24, 2.45) is 0 Å². The third-order valence-corrected chi connectivity index (χ3v) is 8.72. The van der Waals surface area contributed by atoms with Crippen LogP contribution in [0.5, 0.6) is 0 Å². The third kappa shape index (κ3) is 6.88. The molecule has 1 N–H and O–H groups in total. The van der Waals surface area contributed by atoms with E-state index in [4.69, 9.17) is 15.9 Å². The van der Waals surface area contributed by atoms with Crippen LogP contribution in [-0.2, 0) is 19.1 Å². The molecular weight excluding hydrogens is 562 g/mol. The van der Waals surface area contributed by atoms with Crippen LogP contribution in [0.4, 0.5) is 0 Å². The van der Waals surface area contributed by atoms with E-state index >= 15 is 0 Å². The lowest BCUT2D eigenvalue weighted by molar-refractivity contribution is -0.157. The number of methoxy groups -OCH3 is 1. The Hall–Kier alpha value is -4.64. The van der Waals surface area contributed by atoms with Crippen molar-refractivity contribution in [3.8, 4) is 12.3 Å². The Bertz CT molecular complexity index is 1580. The Morgan fingerprint density at radius 3 is 1.93 bits per heavy atom. The molecule has 2 aliphatic rings. The second kappa shape index (κ2) is 14.4. The van der Waals surface area contributed by atoms with Gasteiger partial charge in [-0.15, -0.1) is 6.42 Å². The number of hydrogen-bond donors (Lipinski definition) is 1. The quantitative estimate of drug-likeness (QED) is 0.246. The van der Waals surface area contributed by atoms with Gasteiger partial charge in [0.05, 0.1) is 30.2 Å². The first-order valence-electron chi connectivity index (χ1n) is 15.5. The first-order chi connectivity index (χ1) is 21.9. The lowest BCUT2D eigenvalue weighted by Crippen LogP contribution is -2.52. The van der Waals surface area contributed by atoms with E-state index in [1.165, 1.54) is 18.2 Å². The Morgan fingerprint density at radius 1 is 0.844 bits per heavy atom. The maximum atomic E-state index is 14.1. The fourth-order valence-electron chi connectivity index (χ4n) is 6.56. The van der Waals surface area contributed by atoms with Crippen LogP contribution in [-0.4, -0.2) is 61.3 Å². The van der Waals surface area contributed by atoms with Gasteiger partial charge in [0, 0.05) is 43.1 Å². The van der Waals surface area contributed by atoms with Gasteiger partial charge in [-0.3, -0.25) is 9.80 Å². The zero-order valence-electron chi connectivity index (χ0n) is 26.5. The maximum absolute atomic E-state index is 14.1. The largest absolute Gasteiger partial charge is 0.466 e. The van der Waals surface area contributed by atoms with E-state index in [9.17, 15) is 9.59 Å². The number of piperazine rings is 1. The molecule has 5 rings (SSSR count). The lowest BCUT2D eigenvalue weighted by Gasteiger charge is -2.42. The predicted molar refractivity (Wildman–Crippen MR) is 176 cm³/mol. The Balaban J connectivity index is 1.36. The molecular formula is C38H41N3O4. The fraction of sp³-hybridized carbons (Fsp3) is 0.316. The molecule has 0 bridgehead atoms. The van der Waals surface area contributed by atoms with Crippen molar-refractivity contribution < 1.29 is 19.1 Å². The highest BCUT2D eigenvalue weighted by molar-refractivity contribution is 6.00. The number of nitrogens with one attached hydrogen (secondary N) is 1. The predicted octanol–water partition coefficient (Wildman–Crippen LogP) is 5.76. The maximum Gasteiger partial charge on any atom is 0.338 e. The SMILES string of the molecule is C#Cc1cccc(C2C(C(=O)OC)=C(C)NC(C)=C2C(=O)OC(CC)N2CCN(C(c3ccccc3)c3ccccc3)CC2)c1.